The Bertz CT molecular complexity index is 564. The number of aromatic nitrogens is 3. The molecule has 0 radical (unpaired) electrons. The molecule has 0 bridgehead atoms. The third-order valence-electron chi connectivity index (χ3n) is 2.77. The highest BCUT2D eigenvalue weighted by Gasteiger charge is 2.07. The summed E-state index contributed by atoms with van der Waals surface area (Å²) in [5.74, 6) is -0.130. The van der Waals surface area contributed by atoms with Crippen LogP contribution in [0.5, 0.6) is 0 Å². The number of rotatable bonds is 5. The monoisotopic (exact) mass is 259 g/mol. The van der Waals surface area contributed by atoms with Crippen molar-refractivity contribution in [2.24, 2.45) is 5.73 Å². The van der Waals surface area contributed by atoms with Crippen LogP contribution >= 0.6 is 0 Å². The van der Waals surface area contributed by atoms with E-state index in [-0.39, 0.29) is 12.5 Å². The molecule has 0 fully saturated rings. The molecule has 1 aromatic carbocycles. The van der Waals surface area contributed by atoms with E-state index >= 15 is 0 Å². The molecule has 1 aromatic heterocycles. The number of carbonyl (C=O) groups is 1. The van der Waals surface area contributed by atoms with Gasteiger partial charge in [0.25, 0.3) is 0 Å². The van der Waals surface area contributed by atoms with Gasteiger partial charge in [-0.25, -0.2) is 4.68 Å². The number of para-hydroxylation sites is 1. The summed E-state index contributed by atoms with van der Waals surface area (Å²) in [5.41, 5.74) is 8.06. The van der Waals surface area contributed by atoms with Crippen LogP contribution in [0.3, 0.4) is 0 Å². The van der Waals surface area contributed by atoms with Gasteiger partial charge < -0.3 is 11.1 Å². The molecular weight excluding hydrogens is 242 g/mol. The summed E-state index contributed by atoms with van der Waals surface area (Å²) in [5, 5.41) is 10.6. The summed E-state index contributed by atoms with van der Waals surface area (Å²) >= 11 is 0. The zero-order valence-electron chi connectivity index (χ0n) is 10.8. The molecule has 6 nitrogen and oxygen atoms in total. The lowest BCUT2D eigenvalue weighted by molar-refractivity contribution is -0.116. The van der Waals surface area contributed by atoms with E-state index in [2.05, 4.69) is 22.6 Å². The maximum Gasteiger partial charge on any atom is 0.246 e. The molecule has 19 heavy (non-hydrogen) atoms. The summed E-state index contributed by atoms with van der Waals surface area (Å²) in [7, 11) is 0. The van der Waals surface area contributed by atoms with Crippen LogP contribution in [0.2, 0.25) is 0 Å². The van der Waals surface area contributed by atoms with Crippen LogP contribution in [-0.4, -0.2) is 20.9 Å². The average molecular weight is 259 g/mol. The minimum Gasteiger partial charge on any atom is -0.325 e. The first-order chi connectivity index (χ1) is 9.22. The Balaban J connectivity index is 2.01. The lowest BCUT2D eigenvalue weighted by atomic mass is 10.1. The van der Waals surface area contributed by atoms with Crippen LogP contribution in [0.1, 0.15) is 18.2 Å². The summed E-state index contributed by atoms with van der Waals surface area (Å²) in [6.45, 7) is 2.50. The number of nitrogens with two attached hydrogens (primary N) is 1. The maximum atomic E-state index is 11.9. The normalized spacial score (nSPS) is 10.4. The second kappa shape index (κ2) is 6.10. The van der Waals surface area contributed by atoms with E-state index in [0.717, 1.165) is 17.7 Å². The summed E-state index contributed by atoms with van der Waals surface area (Å²) in [4.78, 5) is 11.9. The van der Waals surface area contributed by atoms with E-state index in [9.17, 15) is 4.79 Å². The van der Waals surface area contributed by atoms with Gasteiger partial charge in [0.2, 0.25) is 5.91 Å². The lowest BCUT2D eigenvalue weighted by Crippen LogP contribution is -2.19. The SMILES string of the molecule is CCc1ccccc1NC(=O)Cn1cc(CN)nn1. The topological polar surface area (TPSA) is 85.8 Å². The van der Waals surface area contributed by atoms with Crippen LogP contribution in [0.25, 0.3) is 0 Å². The number of carbonyl (C=O) groups excluding carboxylic acids is 1. The van der Waals surface area contributed by atoms with Crippen molar-refractivity contribution in [2.45, 2.75) is 26.4 Å². The number of hydrogen-bond acceptors (Lipinski definition) is 4. The van der Waals surface area contributed by atoms with E-state index in [1.54, 1.807) is 6.20 Å². The van der Waals surface area contributed by atoms with Crippen LogP contribution in [0.4, 0.5) is 5.69 Å². The van der Waals surface area contributed by atoms with Crippen molar-refractivity contribution in [3.63, 3.8) is 0 Å². The zero-order valence-corrected chi connectivity index (χ0v) is 10.8. The van der Waals surface area contributed by atoms with Crippen molar-refractivity contribution in [1.82, 2.24) is 15.0 Å². The number of nitrogens with zero attached hydrogens (tertiary/aromatic N) is 3. The maximum absolute atomic E-state index is 11.9. The van der Waals surface area contributed by atoms with Gasteiger partial charge in [-0.1, -0.05) is 30.3 Å². The minimum atomic E-state index is -0.130. The highest BCUT2D eigenvalue weighted by Crippen LogP contribution is 2.15. The van der Waals surface area contributed by atoms with Gasteiger partial charge in [-0.3, -0.25) is 4.79 Å². The van der Waals surface area contributed by atoms with Crippen molar-refractivity contribution in [1.29, 1.82) is 0 Å². The molecule has 0 saturated carbocycles. The number of anilines is 1. The first-order valence-corrected chi connectivity index (χ1v) is 6.19. The van der Waals surface area contributed by atoms with Crippen molar-refractivity contribution in [2.75, 3.05) is 5.32 Å². The van der Waals surface area contributed by atoms with Crippen molar-refractivity contribution in [3.05, 3.63) is 41.7 Å². The summed E-state index contributed by atoms with van der Waals surface area (Å²) < 4.78 is 1.48. The molecule has 0 unspecified atom stereocenters. The predicted molar refractivity (Wildman–Crippen MR) is 72.4 cm³/mol. The molecule has 0 aliphatic heterocycles. The quantitative estimate of drug-likeness (QED) is 0.836. The van der Waals surface area contributed by atoms with Crippen LogP contribution in [0.15, 0.2) is 30.5 Å². The van der Waals surface area contributed by atoms with Crippen LogP contribution in [-0.2, 0) is 24.3 Å². The Morgan fingerprint density at radius 3 is 2.89 bits per heavy atom. The standard InChI is InChI=1S/C13H17N5O/c1-2-10-5-3-4-6-12(10)15-13(19)9-18-8-11(7-14)16-17-18/h3-6,8H,2,7,9,14H2,1H3,(H,15,19). The van der Waals surface area contributed by atoms with Gasteiger partial charge in [0.05, 0.1) is 11.9 Å². The Labute approximate surface area is 111 Å². The van der Waals surface area contributed by atoms with E-state index < -0.39 is 0 Å². The van der Waals surface area contributed by atoms with Gasteiger partial charge in [0.15, 0.2) is 0 Å². The number of benzene rings is 1. The van der Waals surface area contributed by atoms with Crippen molar-refractivity contribution < 1.29 is 4.79 Å². The molecule has 0 atom stereocenters. The molecule has 3 N–H and O–H groups in total. The van der Waals surface area contributed by atoms with Gasteiger partial charge in [-0.15, -0.1) is 5.10 Å². The largest absolute Gasteiger partial charge is 0.325 e. The van der Waals surface area contributed by atoms with Crippen molar-refractivity contribution >= 4 is 11.6 Å². The van der Waals surface area contributed by atoms with E-state index in [4.69, 9.17) is 5.73 Å². The molecule has 2 aromatic rings. The lowest BCUT2D eigenvalue weighted by Gasteiger charge is -2.09. The Hall–Kier alpha value is -2.21. The van der Waals surface area contributed by atoms with E-state index in [0.29, 0.717) is 12.2 Å². The fourth-order valence-corrected chi connectivity index (χ4v) is 1.80. The van der Waals surface area contributed by atoms with E-state index in [1.165, 1.54) is 4.68 Å². The molecular formula is C13H17N5O. The smallest absolute Gasteiger partial charge is 0.246 e. The van der Waals surface area contributed by atoms with Crippen LogP contribution in [0, 0.1) is 0 Å². The first-order valence-electron chi connectivity index (χ1n) is 6.19. The number of hydrogen-bond donors (Lipinski definition) is 2. The number of aryl methyl sites for hydroxylation is 1. The Morgan fingerprint density at radius 2 is 2.21 bits per heavy atom. The van der Waals surface area contributed by atoms with Crippen LogP contribution < -0.4 is 11.1 Å². The molecule has 6 heteroatoms. The molecule has 0 aliphatic carbocycles. The van der Waals surface area contributed by atoms with Gasteiger partial charge in [-0.2, -0.15) is 0 Å². The van der Waals surface area contributed by atoms with Gasteiger partial charge in [0.1, 0.15) is 6.54 Å². The Kier molecular flexibility index (Phi) is 4.25. The average Bonchev–Trinajstić information content (AvgIpc) is 2.87. The van der Waals surface area contributed by atoms with Gasteiger partial charge in [-0.05, 0) is 18.1 Å². The number of amides is 1. The third kappa shape index (κ3) is 3.38. The molecule has 0 aliphatic rings. The highest BCUT2D eigenvalue weighted by molar-refractivity contribution is 5.91. The second-order valence-corrected chi connectivity index (χ2v) is 4.17. The Morgan fingerprint density at radius 1 is 1.42 bits per heavy atom. The first kappa shape index (κ1) is 13.2. The second-order valence-electron chi connectivity index (χ2n) is 4.17. The number of nitrogens with one attached hydrogen (secondary N) is 1. The minimum absolute atomic E-state index is 0.130. The predicted octanol–water partition coefficient (Wildman–Crippen LogP) is 0.938. The molecule has 0 saturated heterocycles. The van der Waals surface area contributed by atoms with Gasteiger partial charge in [0, 0.05) is 12.2 Å². The zero-order chi connectivity index (χ0) is 13.7. The molecule has 1 amide bonds. The summed E-state index contributed by atoms with van der Waals surface area (Å²) in [6.07, 6.45) is 2.54. The third-order valence-corrected chi connectivity index (χ3v) is 2.77. The fraction of sp³-hybridized carbons (Fsp3) is 0.308. The molecule has 2 rings (SSSR count). The van der Waals surface area contributed by atoms with Gasteiger partial charge >= 0.3 is 0 Å². The molecule has 0 spiro atoms. The fourth-order valence-electron chi connectivity index (χ4n) is 1.80. The summed E-state index contributed by atoms with van der Waals surface area (Å²) in [6, 6.07) is 7.75. The van der Waals surface area contributed by atoms with Crippen molar-refractivity contribution in [3.8, 4) is 0 Å². The molecule has 1 heterocycles. The van der Waals surface area contributed by atoms with E-state index in [1.807, 2.05) is 24.3 Å². The highest BCUT2D eigenvalue weighted by atomic mass is 16.2. The molecule has 100 valence electrons.